The Hall–Kier alpha value is -2.19. The number of benzene rings is 1. The van der Waals surface area contributed by atoms with Gasteiger partial charge in [0.2, 0.25) is 0 Å². The molecule has 1 aromatic carbocycles. The van der Waals surface area contributed by atoms with Crippen molar-refractivity contribution in [3.05, 3.63) is 36.0 Å². The molecule has 1 fully saturated rings. The third-order valence-electron chi connectivity index (χ3n) is 4.82. The molecular formula is C18H23ClF2N4O2. The number of hydrogen-bond acceptors (Lipinski definition) is 4. The number of H-pyrrole nitrogens is 1. The maximum absolute atomic E-state index is 13.0. The number of amides is 1. The molecule has 3 N–H and O–H groups in total. The predicted octanol–water partition coefficient (Wildman–Crippen LogP) is 3.30. The van der Waals surface area contributed by atoms with Crippen molar-refractivity contribution >= 4 is 18.3 Å². The third-order valence-corrected chi connectivity index (χ3v) is 4.82. The molecule has 0 spiro atoms. The Kier molecular flexibility index (Phi) is 6.43. The van der Waals surface area contributed by atoms with E-state index in [2.05, 4.69) is 14.9 Å². The van der Waals surface area contributed by atoms with Crippen molar-refractivity contribution in [2.75, 3.05) is 13.1 Å². The number of hydrogen-bond donors (Lipinski definition) is 2. The zero-order valence-corrected chi connectivity index (χ0v) is 15.9. The summed E-state index contributed by atoms with van der Waals surface area (Å²) >= 11 is 0. The lowest BCUT2D eigenvalue weighted by molar-refractivity contribution is -0.0498. The van der Waals surface area contributed by atoms with Gasteiger partial charge in [-0.25, -0.2) is 0 Å². The van der Waals surface area contributed by atoms with Gasteiger partial charge in [-0.2, -0.15) is 13.9 Å². The topological polar surface area (TPSA) is 84.2 Å². The van der Waals surface area contributed by atoms with Crippen LogP contribution in [0, 0.1) is 5.41 Å². The van der Waals surface area contributed by atoms with Gasteiger partial charge in [0.1, 0.15) is 5.75 Å². The van der Waals surface area contributed by atoms with Gasteiger partial charge in [0.05, 0.1) is 17.5 Å². The van der Waals surface area contributed by atoms with Gasteiger partial charge in [-0.05, 0) is 24.0 Å². The van der Waals surface area contributed by atoms with Crippen LogP contribution in [-0.2, 0) is 0 Å². The van der Waals surface area contributed by atoms with Crippen LogP contribution in [-0.4, -0.2) is 46.7 Å². The van der Waals surface area contributed by atoms with Gasteiger partial charge in [-0.3, -0.25) is 9.89 Å². The molecule has 1 atom stereocenters. The lowest BCUT2D eigenvalue weighted by Crippen LogP contribution is -2.54. The molecule has 0 aliphatic carbocycles. The molecule has 148 valence electrons. The number of halogens is 3. The van der Waals surface area contributed by atoms with Crippen molar-refractivity contribution < 1.29 is 18.3 Å². The number of nitrogens with zero attached hydrogens (tertiary/aromatic N) is 2. The van der Waals surface area contributed by atoms with Crippen molar-refractivity contribution in [2.24, 2.45) is 11.1 Å². The van der Waals surface area contributed by atoms with Gasteiger partial charge >= 0.3 is 6.61 Å². The van der Waals surface area contributed by atoms with Crippen molar-refractivity contribution in [1.29, 1.82) is 0 Å². The van der Waals surface area contributed by atoms with Crippen LogP contribution in [0.5, 0.6) is 5.75 Å². The highest BCUT2D eigenvalue weighted by molar-refractivity contribution is 5.99. The first-order chi connectivity index (χ1) is 12.3. The molecule has 0 radical (unpaired) electrons. The second-order valence-corrected chi connectivity index (χ2v) is 7.18. The highest BCUT2D eigenvalue weighted by Gasteiger charge is 2.36. The lowest BCUT2D eigenvalue weighted by Gasteiger charge is -2.42. The maximum atomic E-state index is 13.0. The molecule has 2 aromatic rings. The summed E-state index contributed by atoms with van der Waals surface area (Å²) < 4.78 is 29.3. The minimum absolute atomic E-state index is 0. The van der Waals surface area contributed by atoms with Gasteiger partial charge in [0.25, 0.3) is 5.91 Å². The molecule has 1 saturated heterocycles. The van der Waals surface area contributed by atoms with E-state index < -0.39 is 6.61 Å². The zero-order chi connectivity index (χ0) is 18.9. The largest absolute Gasteiger partial charge is 0.435 e. The van der Waals surface area contributed by atoms with E-state index in [-0.39, 0.29) is 35.5 Å². The summed E-state index contributed by atoms with van der Waals surface area (Å²) in [4.78, 5) is 14.7. The molecule has 9 heteroatoms. The molecule has 1 aliphatic rings. The molecule has 6 nitrogen and oxygen atoms in total. The SMILES string of the molecule is CC1(C)CN(C(=O)c2cn[nH]c2-c2cccc(OC(F)F)c2)CCC1N.Cl. The fourth-order valence-corrected chi connectivity index (χ4v) is 3.21. The van der Waals surface area contributed by atoms with Crippen LogP contribution in [0.4, 0.5) is 8.78 Å². The van der Waals surface area contributed by atoms with E-state index in [1.165, 1.54) is 18.3 Å². The highest BCUT2D eigenvalue weighted by atomic mass is 35.5. The quantitative estimate of drug-likeness (QED) is 0.824. The van der Waals surface area contributed by atoms with Crippen LogP contribution in [0.1, 0.15) is 30.6 Å². The Morgan fingerprint density at radius 3 is 2.85 bits per heavy atom. The first-order valence-electron chi connectivity index (χ1n) is 8.41. The van der Waals surface area contributed by atoms with Crippen LogP contribution in [0.25, 0.3) is 11.3 Å². The Bertz CT molecular complexity index is 797. The van der Waals surface area contributed by atoms with Gasteiger partial charge in [0, 0.05) is 24.7 Å². The number of rotatable bonds is 4. The highest BCUT2D eigenvalue weighted by Crippen LogP contribution is 2.31. The van der Waals surface area contributed by atoms with E-state index >= 15 is 0 Å². The van der Waals surface area contributed by atoms with E-state index in [1.54, 1.807) is 17.0 Å². The molecule has 1 aliphatic heterocycles. The molecular weight excluding hydrogens is 378 g/mol. The predicted molar refractivity (Wildman–Crippen MR) is 100 cm³/mol. The second kappa shape index (κ2) is 8.22. The van der Waals surface area contributed by atoms with E-state index in [0.717, 1.165) is 6.42 Å². The number of aromatic amines is 1. The molecule has 0 saturated carbocycles. The number of alkyl halides is 2. The van der Waals surface area contributed by atoms with Crippen LogP contribution in [0.15, 0.2) is 30.5 Å². The summed E-state index contributed by atoms with van der Waals surface area (Å²) in [5.74, 6) is -0.135. The average Bonchev–Trinajstić information content (AvgIpc) is 3.06. The number of nitrogens with one attached hydrogen (secondary N) is 1. The monoisotopic (exact) mass is 400 g/mol. The second-order valence-electron chi connectivity index (χ2n) is 7.18. The number of ether oxygens (including phenoxy) is 1. The van der Waals surface area contributed by atoms with E-state index in [4.69, 9.17) is 5.73 Å². The summed E-state index contributed by atoms with van der Waals surface area (Å²) in [6.07, 6.45) is 2.18. The number of carbonyl (C=O) groups excluding carboxylic acids is 1. The number of carbonyl (C=O) groups is 1. The van der Waals surface area contributed by atoms with Crippen molar-refractivity contribution in [1.82, 2.24) is 15.1 Å². The fraction of sp³-hybridized carbons (Fsp3) is 0.444. The van der Waals surface area contributed by atoms with E-state index in [9.17, 15) is 13.6 Å². The zero-order valence-electron chi connectivity index (χ0n) is 15.1. The third kappa shape index (κ3) is 4.56. The van der Waals surface area contributed by atoms with Crippen molar-refractivity contribution in [3.63, 3.8) is 0 Å². The van der Waals surface area contributed by atoms with Gasteiger partial charge < -0.3 is 15.4 Å². The van der Waals surface area contributed by atoms with Gasteiger partial charge in [0.15, 0.2) is 0 Å². The molecule has 27 heavy (non-hydrogen) atoms. The number of piperidine rings is 1. The van der Waals surface area contributed by atoms with Crippen molar-refractivity contribution in [2.45, 2.75) is 32.9 Å². The van der Waals surface area contributed by atoms with E-state index in [0.29, 0.717) is 29.9 Å². The summed E-state index contributed by atoms with van der Waals surface area (Å²) in [6.45, 7) is 2.29. The van der Waals surface area contributed by atoms with Crippen LogP contribution < -0.4 is 10.5 Å². The Labute approximate surface area is 162 Å². The lowest BCUT2D eigenvalue weighted by atomic mass is 9.79. The summed E-state index contributed by atoms with van der Waals surface area (Å²) in [5, 5.41) is 6.76. The first kappa shape index (κ1) is 21.1. The maximum Gasteiger partial charge on any atom is 0.387 e. The molecule has 3 rings (SSSR count). The van der Waals surface area contributed by atoms with Crippen LogP contribution in [0.3, 0.4) is 0 Å². The summed E-state index contributed by atoms with van der Waals surface area (Å²) in [7, 11) is 0. The molecule has 1 unspecified atom stereocenters. The minimum atomic E-state index is -2.91. The number of likely N-dealkylation sites (tertiary alicyclic amines) is 1. The van der Waals surface area contributed by atoms with E-state index in [1.807, 2.05) is 13.8 Å². The Balaban J connectivity index is 0.00000261. The van der Waals surface area contributed by atoms with Gasteiger partial charge in [-0.1, -0.05) is 26.0 Å². The Morgan fingerprint density at radius 1 is 1.44 bits per heavy atom. The molecule has 0 bridgehead atoms. The minimum Gasteiger partial charge on any atom is -0.435 e. The number of nitrogens with two attached hydrogens (primary N) is 1. The molecule has 1 aromatic heterocycles. The average molecular weight is 401 g/mol. The van der Waals surface area contributed by atoms with Crippen LogP contribution >= 0.6 is 12.4 Å². The summed E-state index contributed by atoms with van der Waals surface area (Å²) in [5.41, 5.74) is 7.38. The Morgan fingerprint density at radius 2 is 2.19 bits per heavy atom. The van der Waals surface area contributed by atoms with Crippen LogP contribution in [0.2, 0.25) is 0 Å². The smallest absolute Gasteiger partial charge is 0.387 e. The fourth-order valence-electron chi connectivity index (χ4n) is 3.21. The first-order valence-corrected chi connectivity index (χ1v) is 8.41. The van der Waals surface area contributed by atoms with Gasteiger partial charge in [-0.15, -0.1) is 12.4 Å². The summed E-state index contributed by atoms with van der Waals surface area (Å²) in [6, 6.07) is 6.22. The van der Waals surface area contributed by atoms with Crippen molar-refractivity contribution in [3.8, 4) is 17.0 Å². The molecule has 2 heterocycles. The molecule has 1 amide bonds. The number of aromatic nitrogens is 2. The standard InChI is InChI=1S/C18H22F2N4O2.ClH/c1-18(2)10-24(7-6-14(18)21)16(25)13-9-22-23-15(13)11-4-3-5-12(8-11)26-17(19)20;/h3-5,8-9,14,17H,6-7,10,21H2,1-2H3,(H,22,23);1H. The normalized spacial score (nSPS) is 18.9.